The zero-order chi connectivity index (χ0) is 8.43. The maximum Gasteiger partial charge on any atom is 0.0652 e. The number of ether oxygens (including phenoxy) is 1. The van der Waals surface area contributed by atoms with Gasteiger partial charge in [-0.3, -0.25) is 0 Å². The molecule has 0 spiro atoms. The van der Waals surface area contributed by atoms with Gasteiger partial charge in [-0.2, -0.15) is 0 Å². The number of rotatable bonds is 2. The van der Waals surface area contributed by atoms with Gasteiger partial charge < -0.3 is 9.84 Å². The molecule has 2 nitrogen and oxygen atoms in total. The molecule has 1 rings (SSSR count). The van der Waals surface area contributed by atoms with Gasteiger partial charge in [0.15, 0.2) is 0 Å². The molecule has 4 atom stereocenters. The topological polar surface area (TPSA) is 29.5 Å². The molecule has 1 aliphatic rings. The second-order valence-corrected chi connectivity index (χ2v) is 3.78. The van der Waals surface area contributed by atoms with Crippen LogP contribution in [0.2, 0.25) is 0 Å². The minimum Gasteiger partial charge on any atom is -0.396 e. The lowest BCUT2D eigenvalue weighted by atomic mass is 9.93. The van der Waals surface area contributed by atoms with E-state index in [1.165, 1.54) is 0 Å². The molecule has 1 heterocycles. The molecule has 0 aromatic heterocycles. The van der Waals surface area contributed by atoms with E-state index >= 15 is 0 Å². The Labute approximate surface area is 68.6 Å². The van der Waals surface area contributed by atoms with Crippen LogP contribution in [0.5, 0.6) is 0 Å². The lowest BCUT2D eigenvalue weighted by Gasteiger charge is -2.20. The third kappa shape index (κ3) is 1.94. The second kappa shape index (κ2) is 3.55. The first kappa shape index (κ1) is 9.01. The van der Waals surface area contributed by atoms with Crippen molar-refractivity contribution in [1.29, 1.82) is 0 Å². The average Bonchev–Trinajstić information content (AvgIpc) is 2.28. The normalized spacial score (nSPS) is 40.9. The standard InChI is InChI=1S/C9H18O2/c1-6-4-8(3)11-9(6)7(2)5-10/h6-10H,4-5H2,1-3H3. The molecule has 0 bridgehead atoms. The Morgan fingerprint density at radius 2 is 2.18 bits per heavy atom. The van der Waals surface area contributed by atoms with Gasteiger partial charge in [0.1, 0.15) is 0 Å². The molecule has 4 unspecified atom stereocenters. The van der Waals surface area contributed by atoms with E-state index in [0.29, 0.717) is 12.0 Å². The zero-order valence-corrected chi connectivity index (χ0v) is 7.58. The van der Waals surface area contributed by atoms with Crippen molar-refractivity contribution in [2.45, 2.75) is 39.4 Å². The van der Waals surface area contributed by atoms with Crippen LogP contribution in [-0.2, 0) is 4.74 Å². The van der Waals surface area contributed by atoms with Gasteiger partial charge in [0.05, 0.1) is 12.2 Å². The van der Waals surface area contributed by atoms with E-state index < -0.39 is 0 Å². The highest BCUT2D eigenvalue weighted by molar-refractivity contribution is 4.80. The van der Waals surface area contributed by atoms with Crippen molar-refractivity contribution < 1.29 is 9.84 Å². The van der Waals surface area contributed by atoms with Crippen LogP contribution in [0, 0.1) is 11.8 Å². The van der Waals surface area contributed by atoms with Crippen LogP contribution in [0.15, 0.2) is 0 Å². The van der Waals surface area contributed by atoms with Gasteiger partial charge in [-0.25, -0.2) is 0 Å². The summed E-state index contributed by atoms with van der Waals surface area (Å²) in [6, 6.07) is 0. The van der Waals surface area contributed by atoms with E-state index in [-0.39, 0.29) is 18.6 Å². The third-order valence-electron chi connectivity index (χ3n) is 2.50. The molecule has 0 saturated carbocycles. The molecule has 1 saturated heterocycles. The summed E-state index contributed by atoms with van der Waals surface area (Å²) in [5.41, 5.74) is 0. The smallest absolute Gasteiger partial charge is 0.0652 e. The highest BCUT2D eigenvalue weighted by Crippen LogP contribution is 2.30. The van der Waals surface area contributed by atoms with Crippen molar-refractivity contribution in [3.05, 3.63) is 0 Å². The minimum absolute atomic E-state index is 0.238. The van der Waals surface area contributed by atoms with Crippen molar-refractivity contribution in [2.24, 2.45) is 11.8 Å². The van der Waals surface area contributed by atoms with Crippen molar-refractivity contribution in [2.75, 3.05) is 6.61 Å². The molecular weight excluding hydrogens is 140 g/mol. The summed E-state index contributed by atoms with van der Waals surface area (Å²) in [4.78, 5) is 0. The van der Waals surface area contributed by atoms with Crippen molar-refractivity contribution >= 4 is 0 Å². The second-order valence-electron chi connectivity index (χ2n) is 3.78. The van der Waals surface area contributed by atoms with E-state index in [0.717, 1.165) is 6.42 Å². The Hall–Kier alpha value is -0.0800. The highest BCUT2D eigenvalue weighted by atomic mass is 16.5. The maximum absolute atomic E-state index is 8.92. The monoisotopic (exact) mass is 158 g/mol. The maximum atomic E-state index is 8.92. The minimum atomic E-state index is 0.238. The summed E-state index contributed by atoms with van der Waals surface area (Å²) in [7, 11) is 0. The first-order valence-corrected chi connectivity index (χ1v) is 4.41. The summed E-state index contributed by atoms with van der Waals surface area (Å²) in [6.45, 7) is 6.57. The van der Waals surface area contributed by atoms with Crippen LogP contribution in [0.3, 0.4) is 0 Å². The van der Waals surface area contributed by atoms with Gasteiger partial charge in [0.2, 0.25) is 0 Å². The summed E-state index contributed by atoms with van der Waals surface area (Å²) in [5, 5.41) is 8.92. The third-order valence-corrected chi connectivity index (χ3v) is 2.50. The number of hydrogen-bond donors (Lipinski definition) is 1. The molecule has 0 aromatic rings. The van der Waals surface area contributed by atoms with Gasteiger partial charge in [0.25, 0.3) is 0 Å². The van der Waals surface area contributed by atoms with E-state index in [1.807, 2.05) is 6.92 Å². The van der Waals surface area contributed by atoms with Crippen LogP contribution < -0.4 is 0 Å². The predicted octanol–water partition coefficient (Wildman–Crippen LogP) is 1.43. The van der Waals surface area contributed by atoms with E-state index in [9.17, 15) is 0 Å². The average molecular weight is 158 g/mol. The van der Waals surface area contributed by atoms with Gasteiger partial charge in [-0.05, 0) is 19.3 Å². The van der Waals surface area contributed by atoms with Gasteiger partial charge in [-0.15, -0.1) is 0 Å². The quantitative estimate of drug-likeness (QED) is 0.658. The molecule has 0 amide bonds. The lowest BCUT2D eigenvalue weighted by Crippen LogP contribution is -2.25. The molecule has 0 radical (unpaired) electrons. The van der Waals surface area contributed by atoms with Gasteiger partial charge in [-0.1, -0.05) is 13.8 Å². The number of aliphatic hydroxyl groups is 1. The first-order chi connectivity index (χ1) is 5.15. The number of hydrogen-bond acceptors (Lipinski definition) is 2. The van der Waals surface area contributed by atoms with Crippen LogP contribution in [-0.4, -0.2) is 23.9 Å². The van der Waals surface area contributed by atoms with Crippen LogP contribution in [0.25, 0.3) is 0 Å². The molecule has 0 aromatic carbocycles. The molecule has 66 valence electrons. The Morgan fingerprint density at radius 1 is 1.55 bits per heavy atom. The van der Waals surface area contributed by atoms with Crippen molar-refractivity contribution in [3.63, 3.8) is 0 Å². The highest BCUT2D eigenvalue weighted by Gasteiger charge is 2.32. The Balaban J connectivity index is 2.45. The van der Waals surface area contributed by atoms with Crippen molar-refractivity contribution in [3.8, 4) is 0 Å². The fourth-order valence-electron chi connectivity index (χ4n) is 1.91. The van der Waals surface area contributed by atoms with E-state index in [1.54, 1.807) is 0 Å². The van der Waals surface area contributed by atoms with Crippen LogP contribution in [0.1, 0.15) is 27.2 Å². The first-order valence-electron chi connectivity index (χ1n) is 4.41. The Bertz CT molecular complexity index is 121. The number of aliphatic hydroxyl groups excluding tert-OH is 1. The SMILES string of the molecule is CC1CC(C)C(C(C)CO)O1. The molecule has 1 N–H and O–H groups in total. The summed E-state index contributed by atoms with van der Waals surface area (Å²) < 4.78 is 5.67. The summed E-state index contributed by atoms with van der Waals surface area (Å²) in [5.74, 6) is 0.891. The van der Waals surface area contributed by atoms with Gasteiger partial charge in [0, 0.05) is 12.5 Å². The molecular formula is C9H18O2. The molecule has 1 aliphatic heterocycles. The fourth-order valence-corrected chi connectivity index (χ4v) is 1.91. The molecule has 0 aliphatic carbocycles. The molecule has 1 fully saturated rings. The summed E-state index contributed by atoms with van der Waals surface area (Å²) in [6.07, 6.45) is 1.79. The van der Waals surface area contributed by atoms with E-state index in [2.05, 4.69) is 13.8 Å². The largest absolute Gasteiger partial charge is 0.396 e. The van der Waals surface area contributed by atoms with Crippen molar-refractivity contribution in [1.82, 2.24) is 0 Å². The molecule has 11 heavy (non-hydrogen) atoms. The predicted molar refractivity (Wildman–Crippen MR) is 44.4 cm³/mol. The van der Waals surface area contributed by atoms with Gasteiger partial charge >= 0.3 is 0 Å². The van der Waals surface area contributed by atoms with E-state index in [4.69, 9.17) is 9.84 Å². The van der Waals surface area contributed by atoms with Crippen LogP contribution in [0.4, 0.5) is 0 Å². The Kier molecular flexibility index (Phi) is 2.90. The van der Waals surface area contributed by atoms with Crippen LogP contribution >= 0.6 is 0 Å². The Morgan fingerprint density at radius 3 is 2.55 bits per heavy atom. The molecule has 2 heteroatoms. The summed E-state index contributed by atoms with van der Waals surface area (Å²) >= 11 is 0. The fraction of sp³-hybridized carbons (Fsp3) is 1.00. The zero-order valence-electron chi connectivity index (χ0n) is 7.58. The lowest BCUT2D eigenvalue weighted by molar-refractivity contribution is -0.00398.